The summed E-state index contributed by atoms with van der Waals surface area (Å²) in [7, 11) is 3.78. The Kier molecular flexibility index (Phi) is 4.32. The van der Waals surface area contributed by atoms with Gasteiger partial charge in [-0.05, 0) is 32.6 Å². The van der Waals surface area contributed by atoms with Gasteiger partial charge in [0.25, 0.3) is 0 Å². The van der Waals surface area contributed by atoms with Gasteiger partial charge in [-0.1, -0.05) is 12.1 Å². The Morgan fingerprint density at radius 1 is 1.42 bits per heavy atom. The Morgan fingerprint density at radius 2 is 2.17 bits per heavy atom. The largest absolute Gasteiger partial charge is 0.477 e. The number of carbonyl (C=O) groups is 1. The molecule has 1 aliphatic heterocycles. The van der Waals surface area contributed by atoms with Crippen molar-refractivity contribution in [3.63, 3.8) is 0 Å². The molecule has 2 aromatic rings. The number of nitrogens with zero attached hydrogens (tertiary/aromatic N) is 3. The summed E-state index contributed by atoms with van der Waals surface area (Å²) >= 11 is 0. The van der Waals surface area contributed by atoms with E-state index in [2.05, 4.69) is 4.90 Å². The molecular weight excluding hydrogens is 306 g/mol. The van der Waals surface area contributed by atoms with Crippen molar-refractivity contribution in [2.45, 2.75) is 12.5 Å². The van der Waals surface area contributed by atoms with Crippen molar-refractivity contribution < 1.29 is 11.3 Å². The molecule has 1 saturated heterocycles. The van der Waals surface area contributed by atoms with E-state index in [0.29, 0.717) is 11.9 Å². The van der Waals surface area contributed by atoms with Gasteiger partial charge in [0.2, 0.25) is 5.43 Å². The summed E-state index contributed by atoms with van der Waals surface area (Å²) in [4.78, 5) is 27.9. The van der Waals surface area contributed by atoms with Crippen LogP contribution in [-0.2, 0) is 0 Å². The number of pyridine rings is 1. The lowest BCUT2D eigenvalue weighted by Gasteiger charge is -2.21. The second-order valence-electron chi connectivity index (χ2n) is 6.45. The Balaban J connectivity index is 1.95. The molecule has 1 aromatic carbocycles. The minimum absolute atomic E-state index is 0.0953. The lowest BCUT2D eigenvalue weighted by atomic mass is 10.1. The van der Waals surface area contributed by atoms with Crippen molar-refractivity contribution in [1.29, 1.82) is 0 Å². The van der Waals surface area contributed by atoms with Crippen LogP contribution in [0.5, 0.6) is 0 Å². The van der Waals surface area contributed by atoms with Crippen LogP contribution in [0.25, 0.3) is 10.9 Å². The first-order chi connectivity index (χ1) is 11.9. The maximum absolute atomic E-state index is 12.4. The first-order valence-electron chi connectivity index (χ1n) is 8.64. The summed E-state index contributed by atoms with van der Waals surface area (Å²) in [5.74, 6) is -1.20. The normalized spacial score (nSPS) is 20.5. The summed E-state index contributed by atoms with van der Waals surface area (Å²) in [6.45, 7) is 1.96. The molecule has 1 N–H and O–H groups in total. The monoisotopic (exact) mass is 330 g/mol. The first-order valence-corrected chi connectivity index (χ1v) is 8.06. The summed E-state index contributed by atoms with van der Waals surface area (Å²) in [6, 6.07) is 7.25. The molecule has 6 nitrogen and oxygen atoms in total. The van der Waals surface area contributed by atoms with Crippen LogP contribution in [0.3, 0.4) is 0 Å². The molecule has 0 bridgehead atoms. The zero-order valence-electron chi connectivity index (χ0n) is 15.0. The highest BCUT2D eigenvalue weighted by Gasteiger charge is 2.26. The highest BCUT2D eigenvalue weighted by molar-refractivity contribution is 5.92. The van der Waals surface area contributed by atoms with Crippen LogP contribution in [-0.4, -0.2) is 65.7 Å². The Hall–Kier alpha value is -2.18. The number of aromatic nitrogens is 1. The van der Waals surface area contributed by atoms with Crippen LogP contribution in [0.1, 0.15) is 24.2 Å². The highest BCUT2D eigenvalue weighted by atomic mass is 16.4. The third-order valence-corrected chi connectivity index (χ3v) is 4.52. The van der Waals surface area contributed by atoms with E-state index in [1.54, 1.807) is 12.1 Å². The van der Waals surface area contributed by atoms with Gasteiger partial charge in [0.15, 0.2) is 0 Å². The minimum atomic E-state index is -1.20. The van der Waals surface area contributed by atoms with Crippen LogP contribution in [0.2, 0.25) is 0 Å². The van der Waals surface area contributed by atoms with Crippen molar-refractivity contribution in [2.75, 3.05) is 40.3 Å². The van der Waals surface area contributed by atoms with Crippen LogP contribution in [0.15, 0.2) is 35.3 Å². The van der Waals surface area contributed by atoms with Crippen molar-refractivity contribution in [3.05, 3.63) is 46.2 Å². The Labute approximate surface area is 142 Å². The van der Waals surface area contributed by atoms with Crippen LogP contribution in [0, 0.1) is 0 Å². The summed E-state index contributed by atoms with van der Waals surface area (Å²) in [6.07, 6.45) is 2.34. The molecule has 1 aliphatic rings. The highest BCUT2D eigenvalue weighted by Crippen LogP contribution is 2.25. The quantitative estimate of drug-likeness (QED) is 0.900. The maximum Gasteiger partial charge on any atom is 0.341 e. The standard InChI is InChI=1S/C18H23N3O3/c1-19(2)9-10-20-8-7-13(11-20)21-12-15(18(23)24)17(22)14-5-3-4-6-16(14)21/h3-6,12-13H,7-11H2,1-2H3,(H,23,24)/i9D. The van der Waals surface area contributed by atoms with E-state index < -0.39 is 11.4 Å². The van der Waals surface area contributed by atoms with Gasteiger partial charge in [-0.3, -0.25) is 9.69 Å². The predicted octanol–water partition coefficient (Wildman–Crippen LogP) is 1.51. The number of likely N-dealkylation sites (N-methyl/N-ethyl adjacent to an activating group) is 1. The topological polar surface area (TPSA) is 65.8 Å². The van der Waals surface area contributed by atoms with Crippen molar-refractivity contribution >= 4 is 16.9 Å². The molecule has 1 aromatic heterocycles. The number of hydrogen-bond acceptors (Lipinski definition) is 4. The molecule has 2 heterocycles. The lowest BCUT2D eigenvalue weighted by Crippen LogP contribution is -2.30. The molecule has 6 heteroatoms. The van der Waals surface area contributed by atoms with Crippen LogP contribution >= 0.6 is 0 Å². The smallest absolute Gasteiger partial charge is 0.341 e. The molecule has 2 unspecified atom stereocenters. The fourth-order valence-electron chi connectivity index (χ4n) is 3.24. The Morgan fingerprint density at radius 3 is 2.88 bits per heavy atom. The van der Waals surface area contributed by atoms with Gasteiger partial charge < -0.3 is 14.6 Å². The maximum atomic E-state index is 12.4. The van der Waals surface area contributed by atoms with Gasteiger partial charge in [-0.2, -0.15) is 0 Å². The number of fused-ring (bicyclic) bond motifs is 1. The number of carboxylic acids is 1. The summed E-state index contributed by atoms with van der Waals surface area (Å²) in [5.41, 5.74) is 0.135. The SMILES string of the molecule is [2H]C(CN1CCC(n2cc(C(=O)O)c(=O)c3ccccc32)C1)N(C)C. The summed E-state index contributed by atoms with van der Waals surface area (Å²) < 4.78 is 10.00. The molecule has 2 atom stereocenters. The molecule has 0 saturated carbocycles. The average molecular weight is 330 g/mol. The van der Waals surface area contributed by atoms with Gasteiger partial charge in [-0.25, -0.2) is 4.79 Å². The molecular formula is C18H23N3O3. The van der Waals surface area contributed by atoms with Crippen molar-refractivity contribution in [3.8, 4) is 0 Å². The van der Waals surface area contributed by atoms with Gasteiger partial charge >= 0.3 is 5.97 Å². The molecule has 0 amide bonds. The zero-order valence-corrected chi connectivity index (χ0v) is 14.0. The van der Waals surface area contributed by atoms with E-state index in [9.17, 15) is 14.7 Å². The number of rotatable bonds is 5. The van der Waals surface area contributed by atoms with Crippen LogP contribution in [0.4, 0.5) is 0 Å². The van der Waals surface area contributed by atoms with E-state index in [-0.39, 0.29) is 18.1 Å². The number of benzene rings is 1. The van der Waals surface area contributed by atoms with Crippen molar-refractivity contribution in [2.24, 2.45) is 0 Å². The average Bonchev–Trinajstić information content (AvgIpc) is 3.03. The molecule has 3 rings (SSSR count). The van der Waals surface area contributed by atoms with Gasteiger partial charge in [-0.15, -0.1) is 0 Å². The van der Waals surface area contributed by atoms with Crippen LogP contribution < -0.4 is 5.43 Å². The van der Waals surface area contributed by atoms with Gasteiger partial charge in [0, 0.05) is 45.2 Å². The fraction of sp³-hybridized carbons (Fsp3) is 0.444. The molecule has 0 radical (unpaired) electrons. The number of likely N-dealkylation sites (tertiary alicyclic amines) is 1. The molecule has 128 valence electrons. The number of aromatic carboxylic acids is 1. The molecule has 0 spiro atoms. The third kappa shape index (κ3) is 3.20. The third-order valence-electron chi connectivity index (χ3n) is 4.52. The second kappa shape index (κ2) is 6.75. The van der Waals surface area contributed by atoms with Gasteiger partial charge in [0.05, 0.1) is 5.52 Å². The van der Waals surface area contributed by atoms with E-state index in [1.165, 1.54) is 6.20 Å². The Bertz CT molecular complexity index is 849. The van der Waals surface area contributed by atoms with Gasteiger partial charge in [0.1, 0.15) is 5.56 Å². The molecule has 0 aliphatic carbocycles. The fourth-order valence-corrected chi connectivity index (χ4v) is 3.24. The number of carboxylic acid groups (broad SMARTS) is 1. The minimum Gasteiger partial charge on any atom is -0.477 e. The molecule has 1 fully saturated rings. The lowest BCUT2D eigenvalue weighted by molar-refractivity contribution is 0.0694. The van der Waals surface area contributed by atoms with E-state index in [4.69, 9.17) is 1.37 Å². The zero-order chi connectivity index (χ0) is 18.1. The summed E-state index contributed by atoms with van der Waals surface area (Å²) in [5, 5.41) is 9.81. The van der Waals surface area contributed by atoms with E-state index >= 15 is 0 Å². The van der Waals surface area contributed by atoms with E-state index in [1.807, 2.05) is 35.7 Å². The molecule has 24 heavy (non-hydrogen) atoms. The number of para-hydroxylation sites is 1. The number of hydrogen-bond donors (Lipinski definition) is 1. The predicted molar refractivity (Wildman–Crippen MR) is 93.8 cm³/mol. The van der Waals surface area contributed by atoms with Crippen molar-refractivity contribution in [1.82, 2.24) is 14.4 Å². The van der Waals surface area contributed by atoms with E-state index in [0.717, 1.165) is 25.0 Å². The first kappa shape index (κ1) is 15.4. The second-order valence-corrected chi connectivity index (χ2v) is 6.45.